The van der Waals surface area contributed by atoms with Crippen LogP contribution in [0.2, 0.25) is 0 Å². The zero-order chi connectivity index (χ0) is 14.3. The molecule has 0 saturated heterocycles. The minimum absolute atomic E-state index is 0.345. The molecule has 4 heteroatoms. The quantitative estimate of drug-likeness (QED) is 0.835. The molecule has 4 nitrogen and oxygen atoms in total. The summed E-state index contributed by atoms with van der Waals surface area (Å²) < 4.78 is 0. The molecule has 0 aliphatic rings. The summed E-state index contributed by atoms with van der Waals surface area (Å²) in [6.45, 7) is 6.36. The highest BCUT2D eigenvalue weighted by Gasteiger charge is 1.99. The van der Waals surface area contributed by atoms with Crippen molar-refractivity contribution in [2.75, 3.05) is 0 Å². The second-order valence-corrected chi connectivity index (χ2v) is 4.66. The number of hydrogen-bond donors (Lipinski definition) is 2. The molecule has 19 heavy (non-hydrogen) atoms. The zero-order valence-electron chi connectivity index (χ0n) is 11.9. The molecule has 0 bridgehead atoms. The molecule has 0 aliphatic heterocycles. The van der Waals surface area contributed by atoms with Gasteiger partial charge < -0.3 is 4.98 Å². The van der Waals surface area contributed by atoms with Gasteiger partial charge in [-0.3, -0.25) is 9.78 Å². The Morgan fingerprint density at radius 3 is 2.21 bits per heavy atom. The summed E-state index contributed by atoms with van der Waals surface area (Å²) in [5, 5.41) is 0.514. The smallest absolute Gasteiger partial charge is 0.307 e. The third kappa shape index (κ3) is 4.73. The molecule has 0 fully saturated rings. The van der Waals surface area contributed by atoms with Gasteiger partial charge in [0.25, 0.3) is 5.56 Å². The molecular formula is C15H22N2O2. The van der Waals surface area contributed by atoms with Crippen molar-refractivity contribution in [3.8, 4) is 0 Å². The van der Waals surface area contributed by atoms with Crippen LogP contribution in [0.15, 0.2) is 27.8 Å². The molecule has 0 spiro atoms. The zero-order valence-corrected chi connectivity index (χ0v) is 11.9. The Kier molecular flexibility index (Phi) is 6.06. The van der Waals surface area contributed by atoms with Crippen LogP contribution < -0.4 is 11.2 Å². The third-order valence-corrected chi connectivity index (χ3v) is 2.85. The monoisotopic (exact) mass is 262 g/mol. The van der Waals surface area contributed by atoms with Gasteiger partial charge in [-0.1, -0.05) is 51.2 Å². The fourth-order valence-electron chi connectivity index (χ4n) is 1.78. The second kappa shape index (κ2) is 7.56. The summed E-state index contributed by atoms with van der Waals surface area (Å²) >= 11 is 0. The number of fused-ring (bicyclic) bond motifs is 1. The molecule has 2 rings (SSSR count). The third-order valence-electron chi connectivity index (χ3n) is 2.85. The maximum Gasteiger partial charge on any atom is 0.326 e. The van der Waals surface area contributed by atoms with E-state index in [0.29, 0.717) is 10.9 Å². The predicted molar refractivity (Wildman–Crippen MR) is 79.7 cm³/mol. The Labute approximate surface area is 112 Å². The molecule has 1 aromatic heterocycles. The van der Waals surface area contributed by atoms with Gasteiger partial charge in [0.2, 0.25) is 0 Å². The topological polar surface area (TPSA) is 65.7 Å². The summed E-state index contributed by atoms with van der Waals surface area (Å²) in [5.74, 6) is 0. The molecule has 0 atom stereocenters. The van der Waals surface area contributed by atoms with E-state index in [1.165, 1.54) is 25.7 Å². The van der Waals surface area contributed by atoms with Gasteiger partial charge in [-0.2, -0.15) is 0 Å². The van der Waals surface area contributed by atoms with Gasteiger partial charge in [0.15, 0.2) is 0 Å². The molecule has 104 valence electrons. The van der Waals surface area contributed by atoms with E-state index in [4.69, 9.17) is 0 Å². The summed E-state index contributed by atoms with van der Waals surface area (Å²) in [6.07, 6.45) is 5.54. The van der Waals surface area contributed by atoms with E-state index in [9.17, 15) is 9.59 Å². The Morgan fingerprint density at radius 2 is 1.63 bits per heavy atom. The average Bonchev–Trinajstić information content (AvgIpc) is 2.38. The number of unbranched alkanes of at least 4 members (excludes halogenated alkanes) is 3. The molecule has 2 aromatic rings. The number of H-pyrrole nitrogens is 2. The Hall–Kier alpha value is -1.84. The number of nitrogens with one attached hydrogen (secondary N) is 2. The fourth-order valence-corrected chi connectivity index (χ4v) is 1.78. The lowest BCUT2D eigenvalue weighted by atomic mass is 10.2. The van der Waals surface area contributed by atoms with Gasteiger partial charge >= 0.3 is 5.69 Å². The van der Waals surface area contributed by atoms with E-state index in [0.717, 1.165) is 5.56 Å². The molecule has 1 heterocycles. The Balaban J connectivity index is 0.000000258. The van der Waals surface area contributed by atoms with Crippen LogP contribution >= 0.6 is 0 Å². The second-order valence-electron chi connectivity index (χ2n) is 4.66. The van der Waals surface area contributed by atoms with Gasteiger partial charge in [0.1, 0.15) is 0 Å². The van der Waals surface area contributed by atoms with Crippen molar-refractivity contribution >= 4 is 10.9 Å². The van der Waals surface area contributed by atoms with Crippen molar-refractivity contribution in [3.63, 3.8) is 0 Å². The Morgan fingerprint density at radius 1 is 1.00 bits per heavy atom. The predicted octanol–water partition coefficient (Wildman–Crippen LogP) is 3.11. The van der Waals surface area contributed by atoms with Gasteiger partial charge in [-0.05, 0) is 19.1 Å². The minimum atomic E-state index is -0.471. The van der Waals surface area contributed by atoms with Crippen molar-refractivity contribution in [1.82, 2.24) is 9.97 Å². The van der Waals surface area contributed by atoms with Crippen LogP contribution in [0, 0.1) is 6.92 Å². The van der Waals surface area contributed by atoms with E-state index < -0.39 is 5.69 Å². The number of aromatic nitrogens is 2. The van der Waals surface area contributed by atoms with Gasteiger partial charge in [0.05, 0.1) is 10.9 Å². The summed E-state index contributed by atoms with van der Waals surface area (Å²) in [7, 11) is 0. The van der Waals surface area contributed by atoms with Crippen molar-refractivity contribution in [3.05, 3.63) is 44.6 Å². The fraction of sp³-hybridized carbons (Fsp3) is 0.467. The molecule has 1 aromatic carbocycles. The number of aryl methyl sites for hydroxylation is 1. The summed E-state index contributed by atoms with van der Waals surface area (Å²) in [5.41, 5.74) is 0.744. The maximum absolute atomic E-state index is 11.3. The first-order valence-corrected chi connectivity index (χ1v) is 6.81. The van der Waals surface area contributed by atoms with Gasteiger partial charge in [-0.15, -0.1) is 0 Å². The van der Waals surface area contributed by atoms with E-state index in [1.807, 2.05) is 13.0 Å². The van der Waals surface area contributed by atoms with Crippen LogP contribution in [0.1, 0.15) is 45.1 Å². The number of hydrogen-bond acceptors (Lipinski definition) is 2. The normalized spacial score (nSPS) is 10.1. The highest BCUT2D eigenvalue weighted by Crippen LogP contribution is 2.06. The lowest BCUT2D eigenvalue weighted by Gasteiger charge is -1.96. The largest absolute Gasteiger partial charge is 0.326 e. The van der Waals surface area contributed by atoms with E-state index in [1.54, 1.807) is 12.1 Å². The van der Waals surface area contributed by atoms with Crippen LogP contribution in [-0.2, 0) is 0 Å². The van der Waals surface area contributed by atoms with Crippen molar-refractivity contribution < 1.29 is 0 Å². The van der Waals surface area contributed by atoms with Crippen molar-refractivity contribution in [2.45, 2.75) is 46.5 Å². The first kappa shape index (κ1) is 15.2. The average molecular weight is 262 g/mol. The van der Waals surface area contributed by atoms with Crippen LogP contribution in [0.3, 0.4) is 0 Å². The molecule has 0 saturated carbocycles. The first-order chi connectivity index (χ1) is 9.08. The number of benzene rings is 1. The summed E-state index contributed by atoms with van der Waals surface area (Å²) in [4.78, 5) is 26.9. The van der Waals surface area contributed by atoms with E-state index in [2.05, 4.69) is 23.8 Å². The van der Waals surface area contributed by atoms with Gasteiger partial charge in [-0.25, -0.2) is 4.79 Å². The molecule has 0 amide bonds. The van der Waals surface area contributed by atoms with Crippen LogP contribution in [-0.4, -0.2) is 9.97 Å². The molecular weight excluding hydrogens is 240 g/mol. The highest BCUT2D eigenvalue weighted by molar-refractivity contribution is 5.77. The van der Waals surface area contributed by atoms with E-state index >= 15 is 0 Å². The molecule has 0 radical (unpaired) electrons. The van der Waals surface area contributed by atoms with Crippen LogP contribution in [0.5, 0.6) is 0 Å². The summed E-state index contributed by atoms with van der Waals surface area (Å²) in [6, 6.07) is 5.31. The molecule has 0 aliphatic carbocycles. The maximum atomic E-state index is 11.3. The molecule has 0 unspecified atom stereocenters. The van der Waals surface area contributed by atoms with Crippen LogP contribution in [0.4, 0.5) is 0 Å². The lowest BCUT2D eigenvalue weighted by molar-refractivity contribution is 0.702. The minimum Gasteiger partial charge on any atom is -0.307 e. The Bertz CT molecular complexity index is 622. The van der Waals surface area contributed by atoms with Gasteiger partial charge in [0, 0.05) is 0 Å². The lowest BCUT2D eigenvalue weighted by Crippen LogP contribution is -2.21. The molecule has 2 N–H and O–H groups in total. The van der Waals surface area contributed by atoms with E-state index in [-0.39, 0.29) is 5.56 Å². The number of aromatic amines is 2. The first-order valence-electron chi connectivity index (χ1n) is 6.81. The standard InChI is InChI=1S/C9H8N2O2.C6H14/c1-5-2-3-7-6(4-5)8(12)11-9(13)10-7;1-3-5-6-4-2/h2-4H,1H3,(H2,10,11,12,13);3-6H2,1-2H3. The SMILES string of the molecule is CCCCCC.Cc1ccc2[nH]c(=O)[nH]c(=O)c2c1. The number of rotatable bonds is 3. The van der Waals surface area contributed by atoms with Crippen LogP contribution in [0.25, 0.3) is 10.9 Å². The highest BCUT2D eigenvalue weighted by atomic mass is 16.2. The van der Waals surface area contributed by atoms with Crippen molar-refractivity contribution in [2.24, 2.45) is 0 Å². The van der Waals surface area contributed by atoms with Crippen molar-refractivity contribution in [1.29, 1.82) is 0 Å².